The Kier molecular flexibility index (Phi) is 6.14. The number of carbonyl (C=O) groups is 1. The van der Waals surface area contributed by atoms with Crippen molar-refractivity contribution in [3.63, 3.8) is 0 Å². The number of benzene rings is 2. The zero-order valence-electron chi connectivity index (χ0n) is 14.9. The van der Waals surface area contributed by atoms with Gasteiger partial charge in [0.1, 0.15) is 17.1 Å². The fraction of sp³-hybridized carbons (Fsp3) is 0.105. The third kappa shape index (κ3) is 4.09. The fourth-order valence-electron chi connectivity index (χ4n) is 2.61. The van der Waals surface area contributed by atoms with Crippen molar-refractivity contribution < 1.29 is 14.6 Å². The van der Waals surface area contributed by atoms with Crippen molar-refractivity contribution in [2.45, 2.75) is 4.43 Å². The number of aromatic hydroxyl groups is 1. The molecule has 0 aliphatic rings. The first-order valence-corrected chi connectivity index (χ1v) is 9.76. The van der Waals surface area contributed by atoms with E-state index in [2.05, 4.69) is 43.1 Å². The Bertz CT molecular complexity index is 1030. The molecule has 28 heavy (non-hydrogen) atoms. The summed E-state index contributed by atoms with van der Waals surface area (Å²) in [5.74, 6) is 0.212. The highest BCUT2D eigenvalue weighted by Crippen LogP contribution is 2.30. The number of phenols is 1. The molecule has 0 radical (unpaired) electrons. The lowest BCUT2D eigenvalue weighted by molar-refractivity contribution is 0.100. The molecule has 1 amide bonds. The van der Waals surface area contributed by atoms with Gasteiger partial charge in [0.15, 0.2) is 11.6 Å². The highest BCUT2D eigenvalue weighted by molar-refractivity contribution is 14.1. The molecule has 3 aromatic rings. The number of ether oxygens (including phenoxy) is 1. The van der Waals surface area contributed by atoms with Gasteiger partial charge in [-0.05, 0) is 23.8 Å². The molecule has 144 valence electrons. The van der Waals surface area contributed by atoms with Gasteiger partial charge in [-0.3, -0.25) is 9.89 Å². The zero-order chi connectivity index (χ0) is 20.1. The van der Waals surface area contributed by atoms with Crippen LogP contribution in [0.5, 0.6) is 11.5 Å². The Balaban J connectivity index is 1.97. The van der Waals surface area contributed by atoms with Crippen LogP contribution >= 0.6 is 22.6 Å². The number of methoxy groups -OCH3 is 1. The van der Waals surface area contributed by atoms with Gasteiger partial charge in [-0.1, -0.05) is 46.9 Å². The van der Waals surface area contributed by atoms with E-state index >= 15 is 0 Å². The minimum Gasteiger partial charge on any atom is -0.507 e. The zero-order valence-corrected chi connectivity index (χ0v) is 17.1. The fourth-order valence-corrected chi connectivity index (χ4v) is 3.27. The SMILES string of the molecule is COc1cccc(O)c1/C=N/c1[nH]nc(Nc2ccccc2CI)c1C(N)=O. The van der Waals surface area contributed by atoms with Gasteiger partial charge in [-0.15, -0.1) is 0 Å². The Morgan fingerprint density at radius 3 is 2.86 bits per heavy atom. The normalized spacial score (nSPS) is 10.9. The molecule has 0 spiro atoms. The van der Waals surface area contributed by atoms with Crippen molar-refractivity contribution in [2.75, 3.05) is 12.4 Å². The summed E-state index contributed by atoms with van der Waals surface area (Å²) in [6.45, 7) is 0. The van der Waals surface area contributed by atoms with Gasteiger partial charge in [0.25, 0.3) is 5.91 Å². The number of phenolic OH excluding ortho intramolecular Hbond substituents is 1. The van der Waals surface area contributed by atoms with Crippen LogP contribution in [0, 0.1) is 0 Å². The number of alkyl halides is 1. The number of hydrogen-bond acceptors (Lipinski definition) is 6. The number of hydrogen-bond donors (Lipinski definition) is 4. The third-order valence-corrected chi connectivity index (χ3v) is 4.82. The average Bonchev–Trinajstić information content (AvgIpc) is 3.10. The van der Waals surface area contributed by atoms with Gasteiger partial charge >= 0.3 is 0 Å². The number of nitrogens with one attached hydrogen (secondary N) is 2. The van der Waals surface area contributed by atoms with Crippen LogP contribution in [0.3, 0.4) is 0 Å². The summed E-state index contributed by atoms with van der Waals surface area (Å²) in [6, 6.07) is 12.6. The Morgan fingerprint density at radius 2 is 2.14 bits per heavy atom. The molecule has 5 N–H and O–H groups in total. The molecule has 1 aromatic heterocycles. The van der Waals surface area contributed by atoms with Crippen molar-refractivity contribution in [3.05, 3.63) is 59.2 Å². The predicted octanol–water partition coefficient (Wildman–Crippen LogP) is 3.65. The number of nitrogens with zero attached hydrogens (tertiary/aromatic N) is 2. The van der Waals surface area contributed by atoms with E-state index in [4.69, 9.17) is 10.5 Å². The second-order valence-electron chi connectivity index (χ2n) is 5.73. The average molecular weight is 491 g/mol. The summed E-state index contributed by atoms with van der Waals surface area (Å²) in [5, 5.41) is 20.0. The van der Waals surface area contributed by atoms with E-state index in [9.17, 15) is 9.90 Å². The lowest BCUT2D eigenvalue weighted by Gasteiger charge is -2.09. The summed E-state index contributed by atoms with van der Waals surface area (Å²) >= 11 is 2.26. The van der Waals surface area contributed by atoms with Crippen LogP contribution in [-0.4, -0.2) is 34.5 Å². The van der Waals surface area contributed by atoms with E-state index in [0.717, 1.165) is 15.7 Å². The Labute approximate surface area is 175 Å². The number of aromatic amines is 1. The molecule has 8 nitrogen and oxygen atoms in total. The quantitative estimate of drug-likeness (QED) is 0.228. The van der Waals surface area contributed by atoms with Crippen LogP contribution in [0.2, 0.25) is 0 Å². The Morgan fingerprint density at radius 1 is 1.36 bits per heavy atom. The van der Waals surface area contributed by atoms with E-state index in [1.54, 1.807) is 12.1 Å². The predicted molar refractivity (Wildman–Crippen MR) is 116 cm³/mol. The molecular formula is C19H18IN5O3. The van der Waals surface area contributed by atoms with Crippen molar-refractivity contribution in [1.29, 1.82) is 0 Å². The highest BCUT2D eigenvalue weighted by atomic mass is 127. The number of aromatic nitrogens is 2. The van der Waals surface area contributed by atoms with E-state index in [0.29, 0.717) is 11.3 Å². The maximum Gasteiger partial charge on any atom is 0.256 e. The number of aliphatic imine (C=N–C) groups is 1. The van der Waals surface area contributed by atoms with Crippen LogP contribution in [0.25, 0.3) is 0 Å². The smallest absolute Gasteiger partial charge is 0.256 e. The number of halogens is 1. The van der Waals surface area contributed by atoms with E-state index in [1.807, 2.05) is 24.3 Å². The molecule has 0 saturated carbocycles. The summed E-state index contributed by atoms with van der Waals surface area (Å²) in [6.07, 6.45) is 1.39. The van der Waals surface area contributed by atoms with Crippen molar-refractivity contribution in [1.82, 2.24) is 10.2 Å². The second kappa shape index (κ2) is 8.74. The minimum absolute atomic E-state index is 0.00226. The van der Waals surface area contributed by atoms with Gasteiger partial charge in [0, 0.05) is 16.3 Å². The lowest BCUT2D eigenvalue weighted by atomic mass is 10.2. The van der Waals surface area contributed by atoms with E-state index < -0.39 is 5.91 Å². The highest BCUT2D eigenvalue weighted by Gasteiger charge is 2.19. The largest absolute Gasteiger partial charge is 0.507 e. The number of anilines is 2. The standard InChI is InChI=1S/C19H18IN5O3/c1-28-15-8-4-7-14(26)12(15)10-22-18-16(17(21)27)19(25-24-18)23-13-6-3-2-5-11(13)9-20/h2-8,10,26H,9H2,1H3,(H2,21,27)(H2,23,24,25)/b22-10+. The summed E-state index contributed by atoms with van der Waals surface area (Å²) in [7, 11) is 1.49. The molecule has 0 atom stereocenters. The minimum atomic E-state index is -0.681. The topological polar surface area (TPSA) is 126 Å². The molecule has 0 unspecified atom stereocenters. The number of rotatable bonds is 7. The number of nitrogens with two attached hydrogens (primary N) is 1. The first-order chi connectivity index (χ1) is 13.5. The molecule has 0 fully saturated rings. The molecule has 0 saturated heterocycles. The molecule has 0 aliphatic heterocycles. The van der Waals surface area contributed by atoms with Gasteiger partial charge in [-0.2, -0.15) is 5.10 Å². The summed E-state index contributed by atoms with van der Waals surface area (Å²) in [4.78, 5) is 16.3. The van der Waals surface area contributed by atoms with E-state index in [-0.39, 0.29) is 22.9 Å². The molecule has 3 rings (SSSR count). The number of amides is 1. The first-order valence-electron chi connectivity index (χ1n) is 8.24. The van der Waals surface area contributed by atoms with Gasteiger partial charge in [0.05, 0.1) is 12.7 Å². The van der Waals surface area contributed by atoms with Gasteiger partial charge in [-0.25, -0.2) is 4.99 Å². The van der Waals surface area contributed by atoms with Crippen LogP contribution < -0.4 is 15.8 Å². The number of primary amides is 1. The van der Waals surface area contributed by atoms with Crippen molar-refractivity contribution in [3.8, 4) is 11.5 Å². The van der Waals surface area contributed by atoms with Crippen LogP contribution in [-0.2, 0) is 4.43 Å². The molecule has 0 aliphatic carbocycles. The molecule has 2 aromatic carbocycles. The van der Waals surface area contributed by atoms with Crippen LogP contribution in [0.1, 0.15) is 21.5 Å². The molecule has 1 heterocycles. The summed E-state index contributed by atoms with van der Waals surface area (Å²) < 4.78 is 6.01. The van der Waals surface area contributed by atoms with Gasteiger partial charge in [0.2, 0.25) is 0 Å². The maximum atomic E-state index is 12.0. The lowest BCUT2D eigenvalue weighted by Crippen LogP contribution is -2.12. The number of H-pyrrole nitrogens is 1. The Hall–Kier alpha value is -3.08. The van der Waals surface area contributed by atoms with Crippen LogP contribution in [0.15, 0.2) is 47.5 Å². The molecule has 9 heteroatoms. The van der Waals surface area contributed by atoms with Crippen molar-refractivity contribution >= 4 is 52.0 Å². The van der Waals surface area contributed by atoms with Gasteiger partial charge < -0.3 is 20.9 Å². The molecular weight excluding hydrogens is 473 g/mol. The van der Waals surface area contributed by atoms with Crippen molar-refractivity contribution in [2.24, 2.45) is 10.7 Å². The monoisotopic (exact) mass is 491 g/mol. The molecule has 0 bridgehead atoms. The van der Waals surface area contributed by atoms with Crippen LogP contribution in [0.4, 0.5) is 17.3 Å². The van der Waals surface area contributed by atoms with E-state index in [1.165, 1.54) is 19.4 Å². The maximum absolute atomic E-state index is 12.0. The third-order valence-electron chi connectivity index (χ3n) is 3.99. The number of para-hydroxylation sites is 1. The summed E-state index contributed by atoms with van der Waals surface area (Å²) in [5.41, 5.74) is 7.93. The second-order valence-corrected chi connectivity index (χ2v) is 6.49. The first kappa shape index (κ1) is 19.7. The number of carbonyl (C=O) groups excluding carboxylic acids is 1.